The highest BCUT2D eigenvalue weighted by Crippen LogP contribution is 2.28. The highest BCUT2D eigenvalue weighted by Gasteiger charge is 2.18. The molecule has 114 valence electrons. The summed E-state index contributed by atoms with van der Waals surface area (Å²) >= 11 is 0. The molecule has 0 saturated carbocycles. The molecule has 0 unspecified atom stereocenters. The lowest BCUT2D eigenvalue weighted by Gasteiger charge is -2.15. The van der Waals surface area contributed by atoms with Crippen LogP contribution in [0.25, 0.3) is 33.7 Å². The van der Waals surface area contributed by atoms with Gasteiger partial charge in [-0.3, -0.25) is 0 Å². The molecule has 2 aromatic carbocycles. The normalized spacial score (nSPS) is 12.8. The molecule has 4 rings (SSSR count). The van der Waals surface area contributed by atoms with Gasteiger partial charge in [0, 0.05) is 11.6 Å². The fourth-order valence-electron chi connectivity index (χ4n) is 2.86. The van der Waals surface area contributed by atoms with E-state index in [2.05, 4.69) is 30.5 Å². The molecule has 4 aromatic rings. The van der Waals surface area contributed by atoms with Crippen molar-refractivity contribution in [3.05, 3.63) is 54.6 Å². The van der Waals surface area contributed by atoms with Crippen LogP contribution in [0.4, 0.5) is 0 Å². The predicted molar refractivity (Wildman–Crippen MR) is 93.3 cm³/mol. The lowest BCUT2D eigenvalue weighted by Crippen LogP contribution is -2.07. The number of nitrogens with zero attached hydrogens (tertiary/aromatic N) is 4. The van der Waals surface area contributed by atoms with Crippen molar-refractivity contribution in [2.75, 3.05) is 0 Å². The first-order valence-corrected chi connectivity index (χ1v) is 7.98. The molecule has 0 fully saturated rings. The molecule has 4 heteroatoms. The first kappa shape index (κ1) is 13.9. The summed E-state index contributed by atoms with van der Waals surface area (Å²) in [6.45, 7) is 4.38. The van der Waals surface area contributed by atoms with Crippen molar-refractivity contribution in [2.45, 2.75) is 26.3 Å². The first-order valence-electron chi connectivity index (χ1n) is 7.98. The maximum absolute atomic E-state index is 4.83. The summed E-state index contributed by atoms with van der Waals surface area (Å²) in [6.07, 6.45) is 1.01. The van der Waals surface area contributed by atoms with Crippen LogP contribution in [-0.2, 0) is 0 Å². The highest BCUT2D eigenvalue weighted by molar-refractivity contribution is 5.84. The third-order valence-corrected chi connectivity index (χ3v) is 4.27. The Morgan fingerprint density at radius 3 is 2.22 bits per heavy atom. The van der Waals surface area contributed by atoms with E-state index >= 15 is 0 Å². The lowest BCUT2D eigenvalue weighted by molar-refractivity contribution is 0.547. The van der Waals surface area contributed by atoms with Crippen LogP contribution in [0.3, 0.4) is 0 Å². The SMILES string of the molecule is CC[C@H](C)n1c(-c2ccccc2)nc2nc3ccccc3nc21. The van der Waals surface area contributed by atoms with Gasteiger partial charge in [0.05, 0.1) is 11.0 Å². The van der Waals surface area contributed by atoms with Crippen LogP contribution in [0.1, 0.15) is 26.3 Å². The minimum absolute atomic E-state index is 0.311. The summed E-state index contributed by atoms with van der Waals surface area (Å²) < 4.78 is 2.21. The van der Waals surface area contributed by atoms with Gasteiger partial charge in [-0.15, -0.1) is 0 Å². The average molecular weight is 302 g/mol. The zero-order chi connectivity index (χ0) is 15.8. The molecule has 0 radical (unpaired) electrons. The molecule has 0 saturated heterocycles. The average Bonchev–Trinajstić information content (AvgIpc) is 2.98. The zero-order valence-corrected chi connectivity index (χ0v) is 13.3. The van der Waals surface area contributed by atoms with E-state index in [9.17, 15) is 0 Å². The molecule has 2 heterocycles. The van der Waals surface area contributed by atoms with E-state index < -0.39 is 0 Å². The third-order valence-electron chi connectivity index (χ3n) is 4.27. The molecule has 0 aliphatic carbocycles. The molecular weight excluding hydrogens is 284 g/mol. The minimum atomic E-state index is 0.311. The summed E-state index contributed by atoms with van der Waals surface area (Å²) in [5.74, 6) is 0.935. The smallest absolute Gasteiger partial charge is 0.198 e. The number of fused-ring (bicyclic) bond motifs is 2. The van der Waals surface area contributed by atoms with E-state index in [0.717, 1.165) is 34.5 Å². The van der Waals surface area contributed by atoms with E-state index in [-0.39, 0.29) is 0 Å². The van der Waals surface area contributed by atoms with Crippen molar-refractivity contribution >= 4 is 22.3 Å². The van der Waals surface area contributed by atoms with Crippen LogP contribution < -0.4 is 0 Å². The molecular formula is C19H18N4. The van der Waals surface area contributed by atoms with Gasteiger partial charge in [-0.1, -0.05) is 49.4 Å². The van der Waals surface area contributed by atoms with Crippen molar-refractivity contribution in [3.63, 3.8) is 0 Å². The number of benzene rings is 2. The predicted octanol–water partition coefficient (Wildman–Crippen LogP) is 4.62. The van der Waals surface area contributed by atoms with Gasteiger partial charge in [0.15, 0.2) is 11.3 Å². The Balaban J connectivity index is 2.07. The van der Waals surface area contributed by atoms with Crippen molar-refractivity contribution in [2.24, 2.45) is 0 Å². The zero-order valence-electron chi connectivity index (χ0n) is 13.3. The van der Waals surface area contributed by atoms with Gasteiger partial charge in [0.2, 0.25) is 0 Å². The molecule has 0 amide bonds. The van der Waals surface area contributed by atoms with Crippen LogP contribution in [0.5, 0.6) is 0 Å². The van der Waals surface area contributed by atoms with Gasteiger partial charge in [0.1, 0.15) is 5.82 Å². The molecule has 1 atom stereocenters. The van der Waals surface area contributed by atoms with E-state index in [0.29, 0.717) is 11.7 Å². The topological polar surface area (TPSA) is 43.6 Å². The fourth-order valence-corrected chi connectivity index (χ4v) is 2.86. The second kappa shape index (κ2) is 5.47. The number of rotatable bonds is 3. The van der Waals surface area contributed by atoms with Crippen molar-refractivity contribution in [1.82, 2.24) is 19.5 Å². The molecule has 0 aliphatic rings. The third kappa shape index (κ3) is 2.27. The fraction of sp³-hybridized carbons (Fsp3) is 0.211. The summed E-state index contributed by atoms with van der Waals surface area (Å²) in [5.41, 5.74) is 4.45. The Kier molecular flexibility index (Phi) is 3.30. The number of aromatic nitrogens is 4. The maximum Gasteiger partial charge on any atom is 0.198 e. The Hall–Kier alpha value is -2.75. The van der Waals surface area contributed by atoms with E-state index in [1.54, 1.807) is 0 Å². The maximum atomic E-state index is 4.83. The van der Waals surface area contributed by atoms with Gasteiger partial charge >= 0.3 is 0 Å². The largest absolute Gasteiger partial charge is 0.304 e. The monoisotopic (exact) mass is 302 g/mol. The Bertz CT molecular complexity index is 973. The van der Waals surface area contributed by atoms with Gasteiger partial charge in [-0.05, 0) is 25.5 Å². The Morgan fingerprint density at radius 1 is 0.870 bits per heavy atom. The standard InChI is InChI=1S/C19H18N4/c1-3-13(2)23-18(14-9-5-4-6-10-14)22-17-19(23)21-16-12-8-7-11-15(16)20-17/h4-13H,3H2,1-2H3/t13-/m0/s1. The molecule has 0 N–H and O–H groups in total. The quantitative estimate of drug-likeness (QED) is 0.554. The van der Waals surface area contributed by atoms with Crippen LogP contribution >= 0.6 is 0 Å². The van der Waals surface area contributed by atoms with Crippen LogP contribution in [0.15, 0.2) is 54.6 Å². The van der Waals surface area contributed by atoms with Crippen molar-refractivity contribution in [3.8, 4) is 11.4 Å². The van der Waals surface area contributed by atoms with E-state index in [4.69, 9.17) is 15.0 Å². The van der Waals surface area contributed by atoms with Gasteiger partial charge in [-0.2, -0.15) is 0 Å². The molecule has 0 spiro atoms. The van der Waals surface area contributed by atoms with Crippen molar-refractivity contribution < 1.29 is 0 Å². The molecule has 4 nitrogen and oxygen atoms in total. The second-order valence-corrected chi connectivity index (χ2v) is 5.79. The Morgan fingerprint density at radius 2 is 1.52 bits per heavy atom. The minimum Gasteiger partial charge on any atom is -0.304 e. The van der Waals surface area contributed by atoms with E-state index in [1.807, 2.05) is 42.5 Å². The summed E-state index contributed by atoms with van der Waals surface area (Å²) in [6, 6.07) is 18.5. The molecule has 2 aromatic heterocycles. The molecule has 0 aliphatic heterocycles. The van der Waals surface area contributed by atoms with E-state index in [1.165, 1.54) is 0 Å². The number of hydrogen-bond donors (Lipinski definition) is 0. The summed E-state index contributed by atoms with van der Waals surface area (Å²) in [5, 5.41) is 0. The Labute approximate surface area is 134 Å². The van der Waals surface area contributed by atoms with Gasteiger partial charge < -0.3 is 4.57 Å². The second-order valence-electron chi connectivity index (χ2n) is 5.79. The number of para-hydroxylation sites is 2. The molecule has 23 heavy (non-hydrogen) atoms. The van der Waals surface area contributed by atoms with Crippen LogP contribution in [0, 0.1) is 0 Å². The first-order chi connectivity index (χ1) is 11.3. The van der Waals surface area contributed by atoms with Gasteiger partial charge in [0.25, 0.3) is 0 Å². The number of hydrogen-bond acceptors (Lipinski definition) is 3. The van der Waals surface area contributed by atoms with Crippen LogP contribution in [0.2, 0.25) is 0 Å². The molecule has 0 bridgehead atoms. The lowest BCUT2D eigenvalue weighted by atomic mass is 10.2. The number of imidazole rings is 1. The van der Waals surface area contributed by atoms with Crippen molar-refractivity contribution in [1.29, 1.82) is 0 Å². The summed E-state index contributed by atoms with van der Waals surface area (Å²) in [7, 11) is 0. The van der Waals surface area contributed by atoms with Gasteiger partial charge in [-0.25, -0.2) is 15.0 Å². The van der Waals surface area contributed by atoms with Crippen LogP contribution in [-0.4, -0.2) is 19.5 Å². The summed E-state index contributed by atoms with van der Waals surface area (Å²) in [4.78, 5) is 14.3. The highest BCUT2D eigenvalue weighted by atomic mass is 15.2.